The number of benzene rings is 2. The molecule has 2 aromatic carbocycles. The first-order valence-corrected chi connectivity index (χ1v) is 12.1. The lowest BCUT2D eigenvalue weighted by Crippen LogP contribution is -2.34. The van der Waals surface area contributed by atoms with Gasteiger partial charge in [0.15, 0.2) is 0 Å². The predicted octanol–water partition coefficient (Wildman–Crippen LogP) is 4.64. The van der Waals surface area contributed by atoms with Crippen LogP contribution in [0.25, 0.3) is 10.9 Å². The zero-order chi connectivity index (χ0) is 22.9. The number of methoxy groups -OCH3 is 1. The number of para-hydroxylation sites is 1. The van der Waals surface area contributed by atoms with Gasteiger partial charge in [-0.05, 0) is 67.9 Å². The number of aliphatic hydroxyl groups excluding tert-OH is 1. The van der Waals surface area contributed by atoms with E-state index in [9.17, 15) is 5.11 Å². The van der Waals surface area contributed by atoms with Crippen molar-refractivity contribution in [1.82, 2.24) is 9.97 Å². The highest BCUT2D eigenvalue weighted by molar-refractivity contribution is 5.94. The number of ether oxygens (including phenoxy) is 1. The Morgan fingerprint density at radius 3 is 2.52 bits per heavy atom. The first kappa shape index (κ1) is 22.0. The number of fused-ring (bicyclic) bond motifs is 1. The number of piperidine rings is 1. The Hall–Kier alpha value is -2.86. The predicted molar refractivity (Wildman–Crippen MR) is 134 cm³/mol. The van der Waals surface area contributed by atoms with Crippen LogP contribution in [-0.2, 0) is 0 Å². The van der Waals surface area contributed by atoms with E-state index in [1.165, 1.54) is 24.0 Å². The Bertz CT molecular complexity index is 1140. The van der Waals surface area contributed by atoms with E-state index in [0.29, 0.717) is 18.4 Å². The minimum atomic E-state index is 0.133. The average molecular weight is 447 g/mol. The molecule has 0 spiro atoms. The Kier molecular flexibility index (Phi) is 6.11. The van der Waals surface area contributed by atoms with Crippen molar-refractivity contribution < 1.29 is 9.84 Å². The van der Waals surface area contributed by atoms with E-state index in [2.05, 4.69) is 47.1 Å². The van der Waals surface area contributed by atoms with Gasteiger partial charge in [0.2, 0.25) is 0 Å². The maximum Gasteiger partial charge on any atom is 0.140 e. The van der Waals surface area contributed by atoms with Gasteiger partial charge >= 0.3 is 0 Å². The summed E-state index contributed by atoms with van der Waals surface area (Å²) in [5, 5.41) is 10.5. The zero-order valence-electron chi connectivity index (χ0n) is 19.9. The lowest BCUT2D eigenvalue weighted by molar-refractivity contribution is 0.304. The lowest BCUT2D eigenvalue weighted by Gasteiger charge is -2.34. The molecule has 2 heterocycles. The second-order valence-corrected chi connectivity index (χ2v) is 9.49. The molecule has 1 saturated carbocycles. The van der Waals surface area contributed by atoms with Gasteiger partial charge < -0.3 is 19.6 Å². The third kappa shape index (κ3) is 4.36. The van der Waals surface area contributed by atoms with Gasteiger partial charge in [-0.1, -0.05) is 18.2 Å². The number of aliphatic hydroxyl groups is 1. The smallest absolute Gasteiger partial charge is 0.140 e. The third-order valence-electron chi connectivity index (χ3n) is 7.16. The first-order valence-electron chi connectivity index (χ1n) is 12.1. The molecule has 1 aromatic heterocycles. The van der Waals surface area contributed by atoms with E-state index in [0.717, 1.165) is 59.9 Å². The Morgan fingerprint density at radius 2 is 1.82 bits per heavy atom. The Balaban J connectivity index is 1.49. The molecule has 0 bridgehead atoms. The molecule has 0 amide bonds. The molecular formula is C27H34N4O2. The summed E-state index contributed by atoms with van der Waals surface area (Å²) in [5.41, 5.74) is 4.65. The normalized spacial score (nSPS) is 16.9. The van der Waals surface area contributed by atoms with Crippen LogP contribution in [-0.4, -0.2) is 55.5 Å². The molecule has 3 aromatic rings. The zero-order valence-corrected chi connectivity index (χ0v) is 19.9. The lowest BCUT2D eigenvalue weighted by atomic mass is 9.88. The van der Waals surface area contributed by atoms with Crippen LogP contribution in [0, 0.1) is 6.92 Å². The summed E-state index contributed by atoms with van der Waals surface area (Å²) >= 11 is 0. The van der Waals surface area contributed by atoms with Crippen LogP contribution in [0.5, 0.6) is 5.75 Å². The van der Waals surface area contributed by atoms with Crippen molar-refractivity contribution in [3.8, 4) is 5.75 Å². The minimum absolute atomic E-state index is 0.133. The molecule has 1 aliphatic heterocycles. The number of aryl methyl sites for hydroxylation is 1. The van der Waals surface area contributed by atoms with E-state index in [-0.39, 0.29) is 6.61 Å². The largest absolute Gasteiger partial charge is 0.496 e. The fourth-order valence-electron chi connectivity index (χ4n) is 5.06. The van der Waals surface area contributed by atoms with Crippen LogP contribution in [0.15, 0.2) is 36.4 Å². The second-order valence-electron chi connectivity index (χ2n) is 9.49. The van der Waals surface area contributed by atoms with Crippen LogP contribution < -0.4 is 14.5 Å². The summed E-state index contributed by atoms with van der Waals surface area (Å²) in [6, 6.07) is 12.8. The molecular weight excluding hydrogens is 412 g/mol. The summed E-state index contributed by atoms with van der Waals surface area (Å²) in [6.45, 7) is 4.81. The monoisotopic (exact) mass is 446 g/mol. The Labute approximate surface area is 196 Å². The summed E-state index contributed by atoms with van der Waals surface area (Å²) in [7, 11) is 3.78. The van der Waals surface area contributed by atoms with Gasteiger partial charge in [0.1, 0.15) is 17.4 Å². The van der Waals surface area contributed by atoms with E-state index in [4.69, 9.17) is 14.7 Å². The maximum absolute atomic E-state index is 9.42. The Morgan fingerprint density at radius 1 is 1.06 bits per heavy atom. The van der Waals surface area contributed by atoms with Crippen LogP contribution in [0.3, 0.4) is 0 Å². The number of rotatable bonds is 7. The molecule has 0 atom stereocenters. The highest BCUT2D eigenvalue weighted by Crippen LogP contribution is 2.42. The van der Waals surface area contributed by atoms with E-state index < -0.39 is 0 Å². The highest BCUT2D eigenvalue weighted by atomic mass is 16.5. The fourth-order valence-corrected chi connectivity index (χ4v) is 5.06. The highest BCUT2D eigenvalue weighted by Gasteiger charge is 2.30. The van der Waals surface area contributed by atoms with Gasteiger partial charge in [0, 0.05) is 43.7 Å². The van der Waals surface area contributed by atoms with Crippen LogP contribution in [0.2, 0.25) is 0 Å². The second kappa shape index (κ2) is 9.18. The van der Waals surface area contributed by atoms with Crippen molar-refractivity contribution in [2.75, 3.05) is 50.2 Å². The van der Waals surface area contributed by atoms with E-state index in [1.807, 2.05) is 13.1 Å². The van der Waals surface area contributed by atoms with Gasteiger partial charge in [0.25, 0.3) is 0 Å². The third-order valence-corrected chi connectivity index (χ3v) is 7.16. The molecule has 6 nitrogen and oxygen atoms in total. The molecule has 174 valence electrons. The number of anilines is 2. The average Bonchev–Trinajstić information content (AvgIpc) is 3.69. The van der Waals surface area contributed by atoms with Crippen molar-refractivity contribution in [2.24, 2.45) is 0 Å². The van der Waals surface area contributed by atoms with Crippen LogP contribution in [0.4, 0.5) is 11.5 Å². The number of likely N-dealkylation sites (N-methyl/N-ethyl adjacent to an activating group) is 1. The molecule has 1 aliphatic carbocycles. The van der Waals surface area contributed by atoms with E-state index in [1.54, 1.807) is 7.11 Å². The molecule has 6 heteroatoms. The minimum Gasteiger partial charge on any atom is -0.496 e. The standard InChI is InChI=1S/C27H34N4O2/c1-18-16-21(30(2)14-15-32)17-23-25(18)28-26(20-8-9-20)29-27(23)31-12-10-19(11-13-31)22-6-4-5-7-24(22)33-3/h4-7,16-17,19-20,32H,8-15H2,1-3H3. The number of hydrogen-bond donors (Lipinski definition) is 1. The molecule has 2 fully saturated rings. The summed E-state index contributed by atoms with van der Waals surface area (Å²) in [4.78, 5) is 14.7. The topological polar surface area (TPSA) is 61.7 Å². The van der Waals surface area contributed by atoms with Crippen LogP contribution in [0.1, 0.15) is 54.5 Å². The molecule has 2 aliphatic rings. The van der Waals surface area contributed by atoms with Gasteiger partial charge in [-0.25, -0.2) is 9.97 Å². The molecule has 33 heavy (non-hydrogen) atoms. The summed E-state index contributed by atoms with van der Waals surface area (Å²) < 4.78 is 5.63. The first-order chi connectivity index (χ1) is 16.1. The maximum atomic E-state index is 9.42. The van der Waals surface area contributed by atoms with Crippen molar-refractivity contribution >= 4 is 22.4 Å². The molecule has 1 saturated heterocycles. The molecule has 1 N–H and O–H groups in total. The summed E-state index contributed by atoms with van der Waals surface area (Å²) in [6.07, 6.45) is 4.54. The molecule has 0 radical (unpaired) electrons. The number of aromatic nitrogens is 2. The quantitative estimate of drug-likeness (QED) is 0.571. The van der Waals surface area contributed by atoms with Gasteiger partial charge in [-0.15, -0.1) is 0 Å². The number of nitrogens with zero attached hydrogens (tertiary/aromatic N) is 4. The SMILES string of the molecule is COc1ccccc1C1CCN(c2nc(C3CC3)nc3c(C)cc(N(C)CCO)cc23)CC1. The number of hydrogen-bond acceptors (Lipinski definition) is 6. The van der Waals surface area contributed by atoms with Gasteiger partial charge in [-0.2, -0.15) is 0 Å². The molecule has 5 rings (SSSR count). The van der Waals surface area contributed by atoms with Crippen molar-refractivity contribution in [1.29, 1.82) is 0 Å². The van der Waals surface area contributed by atoms with Gasteiger partial charge in [0.05, 0.1) is 19.2 Å². The van der Waals surface area contributed by atoms with Gasteiger partial charge in [-0.3, -0.25) is 0 Å². The molecule has 0 unspecified atom stereocenters. The van der Waals surface area contributed by atoms with Crippen LogP contribution >= 0.6 is 0 Å². The summed E-state index contributed by atoms with van der Waals surface area (Å²) in [5.74, 6) is 4.08. The fraction of sp³-hybridized carbons (Fsp3) is 0.481. The van der Waals surface area contributed by atoms with E-state index >= 15 is 0 Å². The van der Waals surface area contributed by atoms with Crippen molar-refractivity contribution in [3.05, 3.63) is 53.3 Å². The van der Waals surface area contributed by atoms with Crippen molar-refractivity contribution in [2.45, 2.75) is 44.4 Å². The van der Waals surface area contributed by atoms with Crippen molar-refractivity contribution in [3.63, 3.8) is 0 Å².